The van der Waals surface area contributed by atoms with Crippen LogP contribution in [0.25, 0.3) is 12.2 Å². The summed E-state index contributed by atoms with van der Waals surface area (Å²) >= 11 is 0. The second-order valence-corrected chi connectivity index (χ2v) is 7.09. The summed E-state index contributed by atoms with van der Waals surface area (Å²) in [6.45, 7) is 1.19. The number of nitrogens with zero attached hydrogens (tertiary/aromatic N) is 4. The van der Waals surface area contributed by atoms with E-state index in [2.05, 4.69) is 27.4 Å². The van der Waals surface area contributed by atoms with E-state index in [1.165, 1.54) is 11.6 Å². The van der Waals surface area contributed by atoms with E-state index in [0.29, 0.717) is 23.8 Å². The van der Waals surface area contributed by atoms with E-state index in [4.69, 9.17) is 9.15 Å². The fourth-order valence-electron chi connectivity index (χ4n) is 3.10. The van der Waals surface area contributed by atoms with Gasteiger partial charge in [0, 0.05) is 24.4 Å². The highest BCUT2D eigenvalue weighted by atomic mass is 19.1. The molecule has 31 heavy (non-hydrogen) atoms. The van der Waals surface area contributed by atoms with Crippen molar-refractivity contribution in [3.63, 3.8) is 0 Å². The Balaban J connectivity index is 1.22. The van der Waals surface area contributed by atoms with Crippen LogP contribution in [0.2, 0.25) is 0 Å². The minimum atomic E-state index is -0.285. The summed E-state index contributed by atoms with van der Waals surface area (Å²) in [5.41, 5.74) is 2.43. The van der Waals surface area contributed by atoms with Crippen LogP contribution in [0.1, 0.15) is 35.6 Å². The maximum absolute atomic E-state index is 13.7. The lowest BCUT2D eigenvalue weighted by Crippen LogP contribution is -1.99. The second-order valence-electron chi connectivity index (χ2n) is 7.09. The van der Waals surface area contributed by atoms with E-state index in [1.807, 2.05) is 23.0 Å². The zero-order valence-corrected chi connectivity index (χ0v) is 17.0. The first-order valence-corrected chi connectivity index (χ1v) is 10.2. The minimum absolute atomic E-state index is 0.285. The fraction of sp³-hybridized carbons (Fsp3) is 0.208. The number of hydrogen-bond acceptors (Lipinski definition) is 5. The van der Waals surface area contributed by atoms with Gasteiger partial charge in [0.25, 0.3) is 0 Å². The number of benzene rings is 2. The number of unbranched alkanes of at least 4 members (excludes halogenated alkanes) is 1. The summed E-state index contributed by atoms with van der Waals surface area (Å²) in [7, 11) is 0. The standard InChI is InChI=1S/C24H23FN4O2/c25-23-7-2-1-6-20(23)10-13-24-27-21(18-31-24)17-30-22-11-8-19(9-12-22)5-3-4-15-29-16-14-26-28-29/h1-2,6-14,16,18H,3-5,15,17H2. The first-order chi connectivity index (χ1) is 15.3. The largest absolute Gasteiger partial charge is 0.487 e. The van der Waals surface area contributed by atoms with E-state index in [-0.39, 0.29) is 5.82 Å². The van der Waals surface area contributed by atoms with Crippen molar-refractivity contribution in [2.45, 2.75) is 32.4 Å². The molecule has 0 fully saturated rings. The lowest BCUT2D eigenvalue weighted by Gasteiger charge is -2.06. The minimum Gasteiger partial charge on any atom is -0.487 e. The number of aromatic nitrogens is 4. The number of halogens is 1. The second kappa shape index (κ2) is 10.3. The molecule has 0 atom stereocenters. The van der Waals surface area contributed by atoms with Crippen LogP contribution in [0.3, 0.4) is 0 Å². The van der Waals surface area contributed by atoms with Crippen molar-refractivity contribution >= 4 is 12.2 Å². The molecule has 7 heteroatoms. The molecule has 0 saturated carbocycles. The Morgan fingerprint density at radius 2 is 1.90 bits per heavy atom. The smallest absolute Gasteiger partial charge is 0.218 e. The van der Waals surface area contributed by atoms with Crippen LogP contribution in [0.4, 0.5) is 4.39 Å². The van der Waals surface area contributed by atoms with Crippen molar-refractivity contribution in [1.29, 1.82) is 0 Å². The van der Waals surface area contributed by atoms with E-state index in [9.17, 15) is 4.39 Å². The van der Waals surface area contributed by atoms with Gasteiger partial charge in [-0.15, -0.1) is 5.10 Å². The lowest BCUT2D eigenvalue weighted by atomic mass is 10.1. The van der Waals surface area contributed by atoms with Crippen LogP contribution in [-0.4, -0.2) is 20.0 Å². The first-order valence-electron chi connectivity index (χ1n) is 10.2. The van der Waals surface area contributed by atoms with Crippen molar-refractivity contribution < 1.29 is 13.5 Å². The normalized spacial score (nSPS) is 11.3. The van der Waals surface area contributed by atoms with E-state index in [1.54, 1.807) is 42.8 Å². The molecule has 158 valence electrons. The highest BCUT2D eigenvalue weighted by Crippen LogP contribution is 2.17. The number of aryl methyl sites for hydroxylation is 2. The van der Waals surface area contributed by atoms with Gasteiger partial charge in [-0.3, -0.25) is 4.68 Å². The highest BCUT2D eigenvalue weighted by molar-refractivity contribution is 5.66. The third-order valence-electron chi connectivity index (χ3n) is 4.76. The lowest BCUT2D eigenvalue weighted by molar-refractivity contribution is 0.301. The molecular weight excluding hydrogens is 395 g/mol. The Bertz CT molecular complexity index is 1100. The Labute approximate surface area is 180 Å². The molecule has 6 nitrogen and oxygen atoms in total. The monoisotopic (exact) mass is 418 g/mol. The van der Waals surface area contributed by atoms with Gasteiger partial charge in [0.1, 0.15) is 30.1 Å². The van der Waals surface area contributed by atoms with E-state index in [0.717, 1.165) is 31.6 Å². The molecule has 2 heterocycles. The predicted molar refractivity (Wildman–Crippen MR) is 116 cm³/mol. The van der Waals surface area contributed by atoms with Crippen molar-refractivity contribution in [3.05, 3.63) is 95.7 Å². The van der Waals surface area contributed by atoms with Gasteiger partial charge in [-0.2, -0.15) is 0 Å². The molecular formula is C24H23FN4O2. The van der Waals surface area contributed by atoms with Gasteiger partial charge < -0.3 is 9.15 Å². The molecule has 0 unspecified atom stereocenters. The maximum atomic E-state index is 13.7. The predicted octanol–water partition coefficient (Wildman–Crippen LogP) is 5.18. The van der Waals surface area contributed by atoms with Gasteiger partial charge in [-0.1, -0.05) is 35.5 Å². The van der Waals surface area contributed by atoms with Crippen LogP contribution in [0.5, 0.6) is 5.75 Å². The van der Waals surface area contributed by atoms with Gasteiger partial charge in [-0.05, 0) is 49.1 Å². The maximum Gasteiger partial charge on any atom is 0.218 e. The van der Waals surface area contributed by atoms with Crippen molar-refractivity contribution in [2.75, 3.05) is 0 Å². The zero-order valence-electron chi connectivity index (χ0n) is 17.0. The summed E-state index contributed by atoms with van der Waals surface area (Å²) in [6.07, 6.45) is 11.5. The summed E-state index contributed by atoms with van der Waals surface area (Å²) in [5, 5.41) is 7.77. The Morgan fingerprint density at radius 1 is 1.03 bits per heavy atom. The summed E-state index contributed by atoms with van der Waals surface area (Å²) in [5.74, 6) is 0.897. The third-order valence-corrected chi connectivity index (χ3v) is 4.76. The molecule has 0 aliphatic carbocycles. The van der Waals surface area contributed by atoms with Crippen LogP contribution in [-0.2, 0) is 19.6 Å². The molecule has 4 rings (SSSR count). The van der Waals surface area contributed by atoms with Crippen LogP contribution >= 0.6 is 0 Å². The van der Waals surface area contributed by atoms with Gasteiger partial charge in [0.15, 0.2) is 0 Å². The Hall–Kier alpha value is -3.74. The molecule has 2 aromatic carbocycles. The van der Waals surface area contributed by atoms with Gasteiger partial charge in [-0.25, -0.2) is 9.37 Å². The molecule has 0 bridgehead atoms. The molecule has 2 aromatic heterocycles. The fourth-order valence-corrected chi connectivity index (χ4v) is 3.10. The van der Waals surface area contributed by atoms with Crippen LogP contribution < -0.4 is 4.74 Å². The SMILES string of the molecule is Fc1ccccc1C=Cc1nc(COc2ccc(CCCCn3ccnn3)cc2)co1. The number of rotatable bonds is 10. The van der Waals surface area contributed by atoms with Crippen molar-refractivity contribution in [2.24, 2.45) is 0 Å². The zero-order chi connectivity index (χ0) is 21.3. The molecule has 4 aromatic rings. The van der Waals surface area contributed by atoms with Crippen LogP contribution in [0.15, 0.2) is 71.6 Å². The Morgan fingerprint density at radius 3 is 2.71 bits per heavy atom. The van der Waals surface area contributed by atoms with E-state index >= 15 is 0 Å². The van der Waals surface area contributed by atoms with Crippen molar-refractivity contribution in [3.8, 4) is 5.75 Å². The van der Waals surface area contributed by atoms with E-state index < -0.39 is 0 Å². The number of ether oxygens (including phenoxy) is 1. The number of oxazole rings is 1. The molecule has 0 aliphatic rings. The van der Waals surface area contributed by atoms with Crippen molar-refractivity contribution in [1.82, 2.24) is 20.0 Å². The van der Waals surface area contributed by atoms with Gasteiger partial charge in [0.05, 0.1) is 6.20 Å². The highest BCUT2D eigenvalue weighted by Gasteiger charge is 2.04. The van der Waals surface area contributed by atoms with Gasteiger partial charge in [0.2, 0.25) is 5.89 Å². The molecule has 0 amide bonds. The van der Waals surface area contributed by atoms with Gasteiger partial charge >= 0.3 is 0 Å². The number of hydrogen-bond donors (Lipinski definition) is 0. The molecule has 0 saturated heterocycles. The topological polar surface area (TPSA) is 66.0 Å². The summed E-state index contributed by atoms with van der Waals surface area (Å²) < 4.78 is 26.7. The molecule has 0 radical (unpaired) electrons. The summed E-state index contributed by atoms with van der Waals surface area (Å²) in [4.78, 5) is 4.35. The first kappa shape index (κ1) is 20.5. The molecule has 0 spiro atoms. The third kappa shape index (κ3) is 6.12. The average Bonchev–Trinajstić information content (AvgIpc) is 3.48. The quantitative estimate of drug-likeness (QED) is 0.332. The summed E-state index contributed by atoms with van der Waals surface area (Å²) in [6, 6.07) is 14.6. The Kier molecular flexibility index (Phi) is 6.85. The molecule has 0 aliphatic heterocycles. The molecule has 0 N–H and O–H groups in total. The average molecular weight is 418 g/mol. The van der Waals surface area contributed by atoms with Crippen LogP contribution in [0, 0.1) is 5.82 Å².